The van der Waals surface area contributed by atoms with E-state index in [1.54, 1.807) is 6.08 Å². The molecule has 102 valence electrons. The minimum atomic E-state index is -2.99. The third kappa shape index (κ3) is 3.01. The normalized spacial score (nSPS) is 27.2. The molecule has 1 N–H and O–H groups in total. The number of hydrogen-bond acceptors (Lipinski definition) is 4. The molecule has 0 saturated carbocycles. The minimum absolute atomic E-state index is 0.0704. The van der Waals surface area contributed by atoms with E-state index in [1.807, 2.05) is 12.1 Å². The van der Waals surface area contributed by atoms with Crippen LogP contribution >= 0.6 is 15.9 Å². The van der Waals surface area contributed by atoms with E-state index in [4.69, 9.17) is 4.74 Å². The molecule has 0 aliphatic carbocycles. The molecule has 19 heavy (non-hydrogen) atoms. The van der Waals surface area contributed by atoms with Gasteiger partial charge in [-0.15, -0.1) is 0 Å². The summed E-state index contributed by atoms with van der Waals surface area (Å²) in [5, 5.41) is 4.51. The van der Waals surface area contributed by atoms with E-state index in [9.17, 15) is 8.42 Å². The summed E-state index contributed by atoms with van der Waals surface area (Å²) < 4.78 is 29.4. The van der Waals surface area contributed by atoms with Gasteiger partial charge < -0.3 is 10.1 Å². The quantitative estimate of drug-likeness (QED) is 0.906. The van der Waals surface area contributed by atoms with Crippen LogP contribution < -0.4 is 10.1 Å². The van der Waals surface area contributed by atoms with E-state index in [-0.39, 0.29) is 17.9 Å². The van der Waals surface area contributed by atoms with Crippen LogP contribution in [-0.2, 0) is 16.3 Å². The number of sulfone groups is 1. The van der Waals surface area contributed by atoms with Gasteiger partial charge in [0.25, 0.3) is 0 Å². The maximum atomic E-state index is 11.3. The Morgan fingerprint density at radius 3 is 3.00 bits per heavy atom. The number of fused-ring (bicyclic) bond motifs is 1. The number of halogens is 1. The fourth-order valence-corrected chi connectivity index (χ4v) is 4.07. The van der Waals surface area contributed by atoms with E-state index in [2.05, 4.69) is 27.3 Å². The highest BCUT2D eigenvalue weighted by atomic mass is 79.9. The zero-order valence-corrected chi connectivity index (χ0v) is 12.6. The zero-order chi connectivity index (χ0) is 13.5. The largest absolute Gasteiger partial charge is 0.488 e. The summed E-state index contributed by atoms with van der Waals surface area (Å²) in [5.74, 6) is 1.07. The van der Waals surface area contributed by atoms with E-state index in [0.717, 1.165) is 16.6 Å². The van der Waals surface area contributed by atoms with Gasteiger partial charge in [-0.25, -0.2) is 8.42 Å². The second-order valence-electron chi connectivity index (χ2n) is 4.87. The van der Waals surface area contributed by atoms with Crippen molar-refractivity contribution >= 4 is 25.8 Å². The highest BCUT2D eigenvalue weighted by Gasteiger charge is 2.26. The van der Waals surface area contributed by atoms with Gasteiger partial charge in [-0.2, -0.15) is 0 Å². The summed E-state index contributed by atoms with van der Waals surface area (Å²) in [4.78, 5) is 0. The van der Waals surface area contributed by atoms with Gasteiger partial charge in [0.2, 0.25) is 0 Å². The van der Waals surface area contributed by atoms with Gasteiger partial charge in [0.15, 0.2) is 9.84 Å². The average Bonchev–Trinajstić information content (AvgIpc) is 2.89. The Labute approximate surface area is 120 Å². The Kier molecular flexibility index (Phi) is 3.41. The predicted molar refractivity (Wildman–Crippen MR) is 77.0 cm³/mol. The molecule has 2 aliphatic heterocycles. The molecule has 0 radical (unpaired) electrons. The fraction of sp³-hybridized carbons (Fsp3) is 0.385. The van der Waals surface area contributed by atoms with Crippen molar-refractivity contribution in [1.29, 1.82) is 0 Å². The summed E-state index contributed by atoms with van der Waals surface area (Å²) in [6, 6.07) is 5.89. The molecule has 0 spiro atoms. The molecule has 2 aliphatic rings. The Hall–Kier alpha value is -0.850. The number of benzene rings is 1. The first-order chi connectivity index (χ1) is 9.02. The number of ether oxygens (including phenoxy) is 1. The molecule has 6 heteroatoms. The summed E-state index contributed by atoms with van der Waals surface area (Å²) in [7, 11) is -2.99. The first kappa shape index (κ1) is 13.1. The van der Waals surface area contributed by atoms with E-state index < -0.39 is 9.84 Å². The highest BCUT2D eigenvalue weighted by Crippen LogP contribution is 2.31. The fourth-order valence-electron chi connectivity index (χ4n) is 2.39. The van der Waals surface area contributed by atoms with E-state index in [0.29, 0.717) is 6.54 Å². The molecule has 3 rings (SSSR count). The molecule has 1 aromatic rings. The monoisotopic (exact) mass is 343 g/mol. The Morgan fingerprint density at radius 2 is 2.26 bits per heavy atom. The van der Waals surface area contributed by atoms with Gasteiger partial charge in [-0.05, 0) is 23.8 Å². The van der Waals surface area contributed by atoms with Crippen LogP contribution in [0, 0.1) is 0 Å². The van der Waals surface area contributed by atoms with Gasteiger partial charge in [0, 0.05) is 28.9 Å². The van der Waals surface area contributed by atoms with Crippen LogP contribution in [0.3, 0.4) is 0 Å². The van der Waals surface area contributed by atoms with Crippen molar-refractivity contribution in [3.05, 3.63) is 39.7 Å². The van der Waals surface area contributed by atoms with Crippen molar-refractivity contribution in [3.8, 4) is 5.75 Å². The number of rotatable bonds is 3. The lowest BCUT2D eigenvalue weighted by Gasteiger charge is -2.14. The molecule has 1 aromatic carbocycles. The lowest BCUT2D eigenvalue weighted by atomic mass is 10.1. The Bertz CT molecular complexity index is 627. The van der Waals surface area contributed by atoms with Gasteiger partial charge in [-0.1, -0.05) is 22.0 Å². The molecule has 2 atom stereocenters. The molecule has 0 fully saturated rings. The van der Waals surface area contributed by atoms with Crippen LogP contribution in [0.2, 0.25) is 0 Å². The van der Waals surface area contributed by atoms with Crippen LogP contribution in [0.15, 0.2) is 34.2 Å². The molecular weight excluding hydrogens is 330 g/mol. The van der Waals surface area contributed by atoms with Crippen molar-refractivity contribution < 1.29 is 13.2 Å². The lowest BCUT2D eigenvalue weighted by molar-refractivity contribution is 0.225. The summed E-state index contributed by atoms with van der Waals surface area (Å²) in [6.07, 6.45) is 2.62. The molecule has 2 heterocycles. The van der Waals surface area contributed by atoms with Crippen LogP contribution in [0.4, 0.5) is 0 Å². The third-order valence-electron chi connectivity index (χ3n) is 3.30. The molecular formula is C13H14BrNO3S. The number of hydrogen-bond donors (Lipinski definition) is 1. The maximum absolute atomic E-state index is 11.3. The molecule has 0 saturated heterocycles. The maximum Gasteiger partial charge on any atom is 0.173 e. The summed E-state index contributed by atoms with van der Waals surface area (Å²) in [6.45, 7) is 0.650. The topological polar surface area (TPSA) is 55.4 Å². The van der Waals surface area contributed by atoms with Crippen molar-refractivity contribution in [1.82, 2.24) is 5.32 Å². The molecule has 0 amide bonds. The third-order valence-corrected chi connectivity index (χ3v) is 5.19. The van der Waals surface area contributed by atoms with Crippen LogP contribution in [0.5, 0.6) is 5.75 Å². The first-order valence-electron chi connectivity index (χ1n) is 6.11. The Balaban J connectivity index is 1.56. The lowest BCUT2D eigenvalue weighted by Crippen LogP contribution is -2.37. The van der Waals surface area contributed by atoms with E-state index in [1.165, 1.54) is 11.0 Å². The van der Waals surface area contributed by atoms with Gasteiger partial charge in [0.1, 0.15) is 11.9 Å². The van der Waals surface area contributed by atoms with Crippen LogP contribution in [-0.4, -0.2) is 32.9 Å². The van der Waals surface area contributed by atoms with Crippen molar-refractivity contribution in [2.45, 2.75) is 18.6 Å². The molecule has 4 nitrogen and oxygen atoms in total. The summed E-state index contributed by atoms with van der Waals surface area (Å²) >= 11 is 3.44. The minimum Gasteiger partial charge on any atom is -0.488 e. The van der Waals surface area contributed by atoms with Crippen molar-refractivity contribution in [3.63, 3.8) is 0 Å². The predicted octanol–water partition coefficient (Wildman–Crippen LogP) is 1.65. The van der Waals surface area contributed by atoms with Crippen LogP contribution in [0.1, 0.15) is 5.56 Å². The second-order valence-corrected chi connectivity index (χ2v) is 7.72. The van der Waals surface area contributed by atoms with Gasteiger partial charge in [0.05, 0.1) is 5.75 Å². The SMILES string of the molecule is O=S1(=O)C=CC(NCC2Cc3cc(Br)ccc3O2)C1. The van der Waals surface area contributed by atoms with E-state index >= 15 is 0 Å². The molecule has 0 bridgehead atoms. The van der Waals surface area contributed by atoms with Crippen LogP contribution in [0.25, 0.3) is 0 Å². The molecule has 0 aromatic heterocycles. The van der Waals surface area contributed by atoms with Crippen molar-refractivity contribution in [2.75, 3.05) is 12.3 Å². The standard InChI is InChI=1S/C13H14BrNO3S/c14-10-1-2-13-9(5-10)6-12(18-13)7-15-11-3-4-19(16,17)8-11/h1-5,11-12,15H,6-8H2. The zero-order valence-electron chi connectivity index (χ0n) is 10.2. The van der Waals surface area contributed by atoms with Gasteiger partial charge in [-0.3, -0.25) is 0 Å². The van der Waals surface area contributed by atoms with Gasteiger partial charge >= 0.3 is 0 Å². The Morgan fingerprint density at radius 1 is 1.42 bits per heavy atom. The summed E-state index contributed by atoms with van der Waals surface area (Å²) in [5.41, 5.74) is 1.19. The highest BCUT2D eigenvalue weighted by molar-refractivity contribution is 9.10. The molecule has 2 unspecified atom stereocenters. The van der Waals surface area contributed by atoms with Crippen molar-refractivity contribution in [2.24, 2.45) is 0 Å². The smallest absolute Gasteiger partial charge is 0.173 e. The second kappa shape index (κ2) is 4.92. The average molecular weight is 344 g/mol. The number of nitrogens with one attached hydrogen (secondary N) is 1. The first-order valence-corrected chi connectivity index (χ1v) is 8.62.